The molecule has 0 saturated carbocycles. The van der Waals surface area contributed by atoms with Crippen LogP contribution in [0.1, 0.15) is 18.4 Å². The van der Waals surface area contributed by atoms with Gasteiger partial charge in [0.15, 0.2) is 6.29 Å². The van der Waals surface area contributed by atoms with Crippen LogP contribution in [0.15, 0.2) is 30.3 Å². The van der Waals surface area contributed by atoms with Crippen molar-refractivity contribution in [1.82, 2.24) is 0 Å². The molecule has 0 N–H and O–H groups in total. The molecular formula is C14H19ClO3. The molecule has 0 bridgehead atoms. The summed E-state index contributed by atoms with van der Waals surface area (Å²) in [6, 6.07) is 10.2. The van der Waals surface area contributed by atoms with E-state index in [4.69, 9.17) is 25.8 Å². The van der Waals surface area contributed by atoms with E-state index in [9.17, 15) is 0 Å². The molecule has 18 heavy (non-hydrogen) atoms. The molecule has 1 fully saturated rings. The van der Waals surface area contributed by atoms with Crippen LogP contribution in [-0.4, -0.2) is 31.5 Å². The van der Waals surface area contributed by atoms with Crippen molar-refractivity contribution in [1.29, 1.82) is 0 Å². The third-order valence-corrected chi connectivity index (χ3v) is 3.06. The molecule has 1 saturated heterocycles. The lowest BCUT2D eigenvalue weighted by Gasteiger charge is -2.29. The Balaban J connectivity index is 1.72. The number of halogens is 1. The van der Waals surface area contributed by atoms with Gasteiger partial charge in [0, 0.05) is 12.3 Å². The SMILES string of the molecule is ClCCO[C@H]1C[C@@H](OCc2ccccc2)CCO1. The largest absolute Gasteiger partial charge is 0.373 e. The first-order chi connectivity index (χ1) is 8.88. The van der Waals surface area contributed by atoms with Crippen molar-refractivity contribution in [2.24, 2.45) is 0 Å². The minimum atomic E-state index is -0.168. The zero-order valence-electron chi connectivity index (χ0n) is 10.4. The number of alkyl halides is 1. The van der Waals surface area contributed by atoms with E-state index in [1.165, 1.54) is 5.56 Å². The van der Waals surface area contributed by atoms with Crippen LogP contribution in [0.2, 0.25) is 0 Å². The fourth-order valence-electron chi connectivity index (χ4n) is 1.96. The van der Waals surface area contributed by atoms with Crippen molar-refractivity contribution in [3.05, 3.63) is 35.9 Å². The molecule has 1 aromatic rings. The summed E-state index contributed by atoms with van der Waals surface area (Å²) in [5, 5.41) is 0. The standard InChI is InChI=1S/C14H19ClO3/c15-7-9-17-14-10-13(6-8-16-14)18-11-12-4-2-1-3-5-12/h1-5,13-14H,6-11H2/t13-,14-/m0/s1. The number of rotatable bonds is 6. The zero-order valence-corrected chi connectivity index (χ0v) is 11.1. The second-order valence-electron chi connectivity index (χ2n) is 4.30. The van der Waals surface area contributed by atoms with E-state index in [2.05, 4.69) is 12.1 Å². The summed E-state index contributed by atoms with van der Waals surface area (Å²) in [7, 11) is 0. The van der Waals surface area contributed by atoms with E-state index in [0.29, 0.717) is 25.7 Å². The highest BCUT2D eigenvalue weighted by atomic mass is 35.5. The second-order valence-corrected chi connectivity index (χ2v) is 4.68. The van der Waals surface area contributed by atoms with E-state index in [0.717, 1.165) is 12.8 Å². The zero-order chi connectivity index (χ0) is 12.6. The first-order valence-electron chi connectivity index (χ1n) is 6.33. The van der Waals surface area contributed by atoms with E-state index in [1.807, 2.05) is 18.2 Å². The molecule has 0 radical (unpaired) electrons. The predicted octanol–water partition coefficient (Wildman–Crippen LogP) is 2.96. The van der Waals surface area contributed by atoms with Gasteiger partial charge in [0.05, 0.1) is 25.9 Å². The molecule has 2 atom stereocenters. The van der Waals surface area contributed by atoms with Crippen molar-refractivity contribution >= 4 is 11.6 Å². The van der Waals surface area contributed by atoms with Gasteiger partial charge in [-0.1, -0.05) is 30.3 Å². The lowest BCUT2D eigenvalue weighted by molar-refractivity contribution is -0.191. The Morgan fingerprint density at radius 3 is 2.83 bits per heavy atom. The summed E-state index contributed by atoms with van der Waals surface area (Å²) >= 11 is 5.59. The summed E-state index contributed by atoms with van der Waals surface area (Å²) in [6.07, 6.45) is 1.75. The third kappa shape index (κ3) is 4.58. The lowest BCUT2D eigenvalue weighted by atomic mass is 10.1. The molecule has 3 nitrogen and oxygen atoms in total. The predicted molar refractivity (Wildman–Crippen MR) is 70.7 cm³/mol. The molecule has 100 valence electrons. The van der Waals surface area contributed by atoms with Crippen LogP contribution in [0.25, 0.3) is 0 Å². The molecular weight excluding hydrogens is 252 g/mol. The Hall–Kier alpha value is -0.610. The lowest BCUT2D eigenvalue weighted by Crippen LogP contribution is -2.33. The van der Waals surface area contributed by atoms with Gasteiger partial charge in [0.25, 0.3) is 0 Å². The van der Waals surface area contributed by atoms with Crippen LogP contribution >= 0.6 is 11.6 Å². The Kier molecular flexibility index (Phi) is 5.94. The highest BCUT2D eigenvalue weighted by Crippen LogP contribution is 2.19. The Labute approximate surface area is 113 Å². The van der Waals surface area contributed by atoms with Crippen molar-refractivity contribution in [2.45, 2.75) is 31.8 Å². The average molecular weight is 271 g/mol. The normalized spacial score (nSPS) is 24.1. The van der Waals surface area contributed by atoms with Gasteiger partial charge in [-0.05, 0) is 12.0 Å². The van der Waals surface area contributed by atoms with Crippen molar-refractivity contribution < 1.29 is 14.2 Å². The Morgan fingerprint density at radius 1 is 1.22 bits per heavy atom. The Morgan fingerprint density at radius 2 is 2.06 bits per heavy atom. The van der Waals surface area contributed by atoms with Gasteiger partial charge in [0.2, 0.25) is 0 Å². The molecule has 0 amide bonds. The quantitative estimate of drug-likeness (QED) is 0.744. The van der Waals surface area contributed by atoms with Crippen molar-refractivity contribution in [3.63, 3.8) is 0 Å². The molecule has 1 heterocycles. The van der Waals surface area contributed by atoms with Gasteiger partial charge < -0.3 is 14.2 Å². The molecule has 0 spiro atoms. The number of hydrogen-bond donors (Lipinski definition) is 0. The monoisotopic (exact) mass is 270 g/mol. The highest BCUT2D eigenvalue weighted by molar-refractivity contribution is 6.17. The second kappa shape index (κ2) is 7.74. The van der Waals surface area contributed by atoms with Crippen LogP contribution in [0.5, 0.6) is 0 Å². The summed E-state index contributed by atoms with van der Waals surface area (Å²) < 4.78 is 16.9. The number of hydrogen-bond acceptors (Lipinski definition) is 3. The summed E-state index contributed by atoms with van der Waals surface area (Å²) in [4.78, 5) is 0. The van der Waals surface area contributed by atoms with Gasteiger partial charge in [-0.2, -0.15) is 0 Å². The first-order valence-corrected chi connectivity index (χ1v) is 6.86. The number of benzene rings is 1. The fourth-order valence-corrected chi connectivity index (χ4v) is 2.05. The molecule has 4 heteroatoms. The molecule has 2 rings (SSSR count). The van der Waals surface area contributed by atoms with Gasteiger partial charge in [-0.15, -0.1) is 11.6 Å². The molecule has 0 unspecified atom stereocenters. The minimum absolute atomic E-state index is 0.168. The van der Waals surface area contributed by atoms with Crippen LogP contribution in [-0.2, 0) is 20.8 Å². The van der Waals surface area contributed by atoms with Gasteiger partial charge in [-0.25, -0.2) is 0 Å². The van der Waals surface area contributed by atoms with Crippen LogP contribution in [0.3, 0.4) is 0 Å². The van der Waals surface area contributed by atoms with Gasteiger partial charge in [-0.3, -0.25) is 0 Å². The third-order valence-electron chi connectivity index (χ3n) is 2.91. The summed E-state index contributed by atoms with van der Waals surface area (Å²) in [6.45, 7) is 1.86. The van der Waals surface area contributed by atoms with Crippen molar-refractivity contribution in [2.75, 3.05) is 19.1 Å². The van der Waals surface area contributed by atoms with Crippen LogP contribution in [0.4, 0.5) is 0 Å². The molecule has 0 aliphatic carbocycles. The van der Waals surface area contributed by atoms with Crippen LogP contribution in [0, 0.1) is 0 Å². The summed E-state index contributed by atoms with van der Waals surface area (Å²) in [5.41, 5.74) is 1.20. The minimum Gasteiger partial charge on any atom is -0.373 e. The smallest absolute Gasteiger partial charge is 0.160 e. The summed E-state index contributed by atoms with van der Waals surface area (Å²) in [5.74, 6) is 0.495. The molecule has 0 aromatic heterocycles. The maximum Gasteiger partial charge on any atom is 0.160 e. The number of ether oxygens (including phenoxy) is 3. The maximum absolute atomic E-state index is 5.89. The van der Waals surface area contributed by atoms with Gasteiger partial charge >= 0.3 is 0 Å². The van der Waals surface area contributed by atoms with Gasteiger partial charge in [0.1, 0.15) is 0 Å². The molecule has 1 aromatic carbocycles. The maximum atomic E-state index is 5.89. The highest BCUT2D eigenvalue weighted by Gasteiger charge is 2.23. The van der Waals surface area contributed by atoms with Crippen molar-refractivity contribution in [3.8, 4) is 0 Å². The van der Waals surface area contributed by atoms with E-state index in [1.54, 1.807) is 0 Å². The molecule has 1 aliphatic rings. The first kappa shape index (κ1) is 13.8. The topological polar surface area (TPSA) is 27.7 Å². The average Bonchev–Trinajstić information content (AvgIpc) is 2.44. The van der Waals surface area contributed by atoms with Crippen LogP contribution < -0.4 is 0 Å². The van der Waals surface area contributed by atoms with E-state index >= 15 is 0 Å². The Bertz CT molecular complexity index is 331. The fraction of sp³-hybridized carbons (Fsp3) is 0.571. The van der Waals surface area contributed by atoms with E-state index < -0.39 is 0 Å². The molecule has 1 aliphatic heterocycles. The van der Waals surface area contributed by atoms with E-state index in [-0.39, 0.29) is 12.4 Å².